The van der Waals surface area contributed by atoms with Crippen molar-refractivity contribution >= 4 is 23.4 Å². The number of thioether (sulfide) groups is 1. The Morgan fingerprint density at radius 3 is 2.61 bits per heavy atom. The van der Waals surface area contributed by atoms with E-state index in [1.54, 1.807) is 11.8 Å². The average Bonchev–Trinajstić information content (AvgIpc) is 3.37. The van der Waals surface area contributed by atoms with Gasteiger partial charge in [-0.1, -0.05) is 23.4 Å². The van der Waals surface area contributed by atoms with E-state index in [1.807, 2.05) is 35.2 Å². The van der Waals surface area contributed by atoms with E-state index in [9.17, 15) is 9.18 Å². The van der Waals surface area contributed by atoms with Crippen molar-refractivity contribution in [1.29, 1.82) is 0 Å². The van der Waals surface area contributed by atoms with E-state index in [-0.39, 0.29) is 11.7 Å². The van der Waals surface area contributed by atoms with Crippen molar-refractivity contribution in [1.82, 2.24) is 15.4 Å². The molecule has 0 spiro atoms. The molecular weight excluding hydrogens is 475 g/mol. The quantitative estimate of drug-likeness (QED) is 0.449. The average molecular weight is 509 g/mol. The van der Waals surface area contributed by atoms with Gasteiger partial charge in [0.2, 0.25) is 5.91 Å². The first-order valence-electron chi connectivity index (χ1n) is 12.8. The zero-order valence-electron chi connectivity index (χ0n) is 20.4. The Labute approximate surface area is 216 Å². The normalized spacial score (nSPS) is 20.5. The molecule has 2 aliphatic heterocycles. The first kappa shape index (κ1) is 24.8. The fourth-order valence-electron chi connectivity index (χ4n) is 5.16. The topological polar surface area (TPSA) is 61.6 Å². The van der Waals surface area contributed by atoms with Gasteiger partial charge in [-0.15, -0.1) is 11.8 Å². The molecule has 36 heavy (non-hydrogen) atoms. The fourth-order valence-corrected chi connectivity index (χ4v) is 5.96. The van der Waals surface area contributed by atoms with Crippen molar-refractivity contribution in [2.24, 2.45) is 11.8 Å². The maximum Gasteiger partial charge on any atom is 0.222 e. The molecule has 6 nitrogen and oxygen atoms in total. The summed E-state index contributed by atoms with van der Waals surface area (Å²) in [7, 11) is 0. The van der Waals surface area contributed by atoms with E-state index in [0.29, 0.717) is 31.3 Å². The molecule has 5 rings (SSSR count). The molecule has 2 aromatic carbocycles. The van der Waals surface area contributed by atoms with E-state index in [4.69, 9.17) is 4.52 Å². The summed E-state index contributed by atoms with van der Waals surface area (Å²) in [5, 5.41) is 7.83. The molecule has 1 amide bonds. The fraction of sp³-hybridized carbons (Fsp3) is 0.429. The van der Waals surface area contributed by atoms with E-state index in [2.05, 4.69) is 33.6 Å². The van der Waals surface area contributed by atoms with Crippen LogP contribution in [-0.4, -0.2) is 55.2 Å². The number of nitrogens with zero attached hydrogens (tertiary/aromatic N) is 3. The van der Waals surface area contributed by atoms with Gasteiger partial charge in [0.15, 0.2) is 0 Å². The molecule has 0 bridgehead atoms. The van der Waals surface area contributed by atoms with Crippen molar-refractivity contribution in [3.05, 3.63) is 77.9 Å². The summed E-state index contributed by atoms with van der Waals surface area (Å²) in [6.45, 7) is 4.81. The number of carbonyl (C=O) groups is 1. The lowest BCUT2D eigenvalue weighted by Gasteiger charge is -2.38. The Morgan fingerprint density at radius 1 is 1.06 bits per heavy atom. The molecule has 2 aliphatic rings. The second-order valence-corrected chi connectivity index (χ2v) is 10.7. The second kappa shape index (κ2) is 11.9. The Balaban J connectivity index is 1.11. The van der Waals surface area contributed by atoms with Crippen LogP contribution in [0.3, 0.4) is 0 Å². The smallest absolute Gasteiger partial charge is 0.222 e. The van der Waals surface area contributed by atoms with Crippen LogP contribution in [0.15, 0.2) is 70.1 Å². The summed E-state index contributed by atoms with van der Waals surface area (Å²) in [4.78, 5) is 18.6. The van der Waals surface area contributed by atoms with Gasteiger partial charge in [0.1, 0.15) is 11.6 Å². The first-order valence-corrected chi connectivity index (χ1v) is 13.7. The summed E-state index contributed by atoms with van der Waals surface area (Å²) < 4.78 is 18.8. The van der Waals surface area contributed by atoms with Crippen molar-refractivity contribution in [3.8, 4) is 0 Å². The van der Waals surface area contributed by atoms with Gasteiger partial charge in [-0.3, -0.25) is 4.79 Å². The zero-order chi connectivity index (χ0) is 24.7. The van der Waals surface area contributed by atoms with Crippen LogP contribution in [0.25, 0.3) is 0 Å². The van der Waals surface area contributed by atoms with Gasteiger partial charge >= 0.3 is 0 Å². The molecule has 2 unspecified atom stereocenters. The summed E-state index contributed by atoms with van der Waals surface area (Å²) in [6, 6.07) is 19.0. The number of piperidine rings is 1. The van der Waals surface area contributed by atoms with Gasteiger partial charge in [0.05, 0.1) is 11.4 Å². The van der Waals surface area contributed by atoms with E-state index in [0.717, 1.165) is 61.9 Å². The predicted octanol–water partition coefficient (Wildman–Crippen LogP) is 4.61. The molecule has 1 aromatic heterocycles. The van der Waals surface area contributed by atoms with Gasteiger partial charge in [0, 0.05) is 49.2 Å². The highest BCUT2D eigenvalue weighted by Gasteiger charge is 2.30. The van der Waals surface area contributed by atoms with Gasteiger partial charge in [-0.2, -0.15) is 0 Å². The minimum Gasteiger partial charge on any atom is -0.368 e. The molecule has 0 saturated carbocycles. The standard InChI is InChI=1S/C28H33FN4O2S/c29-23-6-8-25(9-7-23)32-12-14-33(15-13-32)28(34)17-21-10-11-30-19-22(21)16-24-18-26(35-31-24)20-36-27-4-2-1-3-5-27/h1-9,18,21-22,30H,10-17,19-20H2. The molecule has 190 valence electrons. The Kier molecular flexibility index (Phi) is 8.23. The number of nitrogens with one attached hydrogen (secondary N) is 1. The van der Waals surface area contributed by atoms with Gasteiger partial charge < -0.3 is 19.6 Å². The van der Waals surface area contributed by atoms with E-state index < -0.39 is 0 Å². The van der Waals surface area contributed by atoms with Crippen LogP contribution >= 0.6 is 11.8 Å². The van der Waals surface area contributed by atoms with Crippen molar-refractivity contribution in [3.63, 3.8) is 0 Å². The first-order chi connectivity index (χ1) is 17.6. The zero-order valence-corrected chi connectivity index (χ0v) is 21.3. The number of amides is 1. The number of aromatic nitrogens is 1. The number of benzene rings is 2. The highest BCUT2D eigenvalue weighted by molar-refractivity contribution is 7.98. The van der Waals surface area contributed by atoms with Crippen LogP contribution in [0, 0.1) is 17.7 Å². The van der Waals surface area contributed by atoms with Crippen molar-refractivity contribution in [2.45, 2.75) is 29.9 Å². The SMILES string of the molecule is O=C(CC1CCNCC1Cc1cc(CSc2ccccc2)on1)N1CCN(c2ccc(F)cc2)CC1. The maximum atomic E-state index is 13.2. The number of piperazine rings is 1. The van der Waals surface area contributed by atoms with Crippen LogP contribution < -0.4 is 10.2 Å². The van der Waals surface area contributed by atoms with E-state index in [1.165, 1.54) is 17.0 Å². The molecule has 2 fully saturated rings. The van der Waals surface area contributed by atoms with Crippen LogP contribution in [-0.2, 0) is 17.0 Å². The lowest BCUT2D eigenvalue weighted by molar-refractivity contribution is -0.133. The summed E-state index contributed by atoms with van der Waals surface area (Å²) >= 11 is 1.74. The lowest BCUT2D eigenvalue weighted by Crippen LogP contribution is -2.50. The highest BCUT2D eigenvalue weighted by atomic mass is 32.2. The number of carbonyl (C=O) groups excluding carboxylic acids is 1. The Morgan fingerprint density at radius 2 is 1.83 bits per heavy atom. The summed E-state index contributed by atoms with van der Waals surface area (Å²) in [5.74, 6) is 2.36. The minimum atomic E-state index is -0.225. The minimum absolute atomic E-state index is 0.225. The molecule has 8 heteroatoms. The van der Waals surface area contributed by atoms with Crippen LogP contribution in [0.5, 0.6) is 0 Å². The summed E-state index contributed by atoms with van der Waals surface area (Å²) in [5.41, 5.74) is 1.98. The number of hydrogen-bond acceptors (Lipinski definition) is 6. The molecule has 3 heterocycles. The van der Waals surface area contributed by atoms with Gasteiger partial charge in [-0.05, 0) is 74.2 Å². The third-order valence-electron chi connectivity index (χ3n) is 7.23. The Hall–Kier alpha value is -2.84. The number of rotatable bonds is 8. The third-order valence-corrected chi connectivity index (χ3v) is 8.26. The molecule has 2 atom stereocenters. The van der Waals surface area contributed by atoms with Crippen molar-refractivity contribution < 1.29 is 13.7 Å². The molecule has 0 aliphatic carbocycles. The van der Waals surface area contributed by atoms with E-state index >= 15 is 0 Å². The number of anilines is 1. The number of halogens is 1. The van der Waals surface area contributed by atoms with Gasteiger partial charge in [0.25, 0.3) is 0 Å². The third kappa shape index (κ3) is 6.48. The molecule has 1 N–H and O–H groups in total. The Bertz CT molecular complexity index is 1120. The predicted molar refractivity (Wildman–Crippen MR) is 140 cm³/mol. The van der Waals surface area contributed by atoms with Crippen LogP contribution in [0.1, 0.15) is 24.3 Å². The van der Waals surface area contributed by atoms with Gasteiger partial charge in [-0.25, -0.2) is 4.39 Å². The second-order valence-electron chi connectivity index (χ2n) is 9.65. The molecule has 0 radical (unpaired) electrons. The number of hydrogen-bond donors (Lipinski definition) is 1. The van der Waals surface area contributed by atoms with Crippen LogP contribution in [0.2, 0.25) is 0 Å². The lowest BCUT2D eigenvalue weighted by atomic mass is 9.81. The molecular formula is C28H33FN4O2S. The monoisotopic (exact) mass is 508 g/mol. The highest BCUT2D eigenvalue weighted by Crippen LogP contribution is 2.29. The van der Waals surface area contributed by atoms with Crippen LogP contribution in [0.4, 0.5) is 10.1 Å². The largest absolute Gasteiger partial charge is 0.368 e. The maximum absolute atomic E-state index is 13.2. The molecule has 2 saturated heterocycles. The molecule has 3 aromatic rings. The van der Waals surface area contributed by atoms with Crippen molar-refractivity contribution in [2.75, 3.05) is 44.2 Å². The summed E-state index contributed by atoms with van der Waals surface area (Å²) in [6.07, 6.45) is 2.40.